The van der Waals surface area contributed by atoms with E-state index in [2.05, 4.69) is 17.1 Å². The van der Waals surface area contributed by atoms with E-state index in [4.69, 9.17) is 0 Å². The largest absolute Gasteiger partial charge is 0.366 e. The molecule has 0 spiro atoms. The van der Waals surface area contributed by atoms with Crippen LogP contribution in [0.5, 0.6) is 0 Å². The van der Waals surface area contributed by atoms with Crippen molar-refractivity contribution in [3.05, 3.63) is 33.9 Å². The molecule has 3 rings (SSSR count). The maximum atomic E-state index is 12.6. The summed E-state index contributed by atoms with van der Waals surface area (Å²) < 4.78 is 0. The van der Waals surface area contributed by atoms with Gasteiger partial charge in [-0.05, 0) is 43.7 Å². The van der Waals surface area contributed by atoms with Crippen molar-refractivity contribution in [2.45, 2.75) is 64.3 Å². The van der Waals surface area contributed by atoms with Crippen LogP contribution in [0.15, 0.2) is 18.2 Å². The Morgan fingerprint density at radius 1 is 1.12 bits per heavy atom. The van der Waals surface area contributed by atoms with Crippen molar-refractivity contribution >= 4 is 17.3 Å². The van der Waals surface area contributed by atoms with E-state index in [1.807, 2.05) is 0 Å². The number of carbonyl (C=O) groups is 1. The van der Waals surface area contributed by atoms with Gasteiger partial charge in [0.2, 0.25) is 0 Å². The summed E-state index contributed by atoms with van der Waals surface area (Å²) in [6.07, 6.45) is 8.80. The number of hydrogen-bond donors (Lipinski definition) is 1. The van der Waals surface area contributed by atoms with Crippen molar-refractivity contribution < 1.29 is 9.72 Å². The van der Waals surface area contributed by atoms with E-state index in [9.17, 15) is 14.9 Å². The second-order valence-corrected chi connectivity index (χ2v) is 7.79. The Hall–Kier alpha value is -2.11. The Balaban J connectivity index is 1.75. The van der Waals surface area contributed by atoms with Crippen LogP contribution in [0.2, 0.25) is 0 Å². The highest BCUT2D eigenvalue weighted by molar-refractivity contribution is 5.96. The van der Waals surface area contributed by atoms with Gasteiger partial charge >= 0.3 is 0 Å². The van der Waals surface area contributed by atoms with Gasteiger partial charge in [-0.25, -0.2) is 0 Å². The number of anilines is 1. The fourth-order valence-corrected chi connectivity index (χ4v) is 4.02. The molecule has 1 N–H and O–H groups in total. The lowest BCUT2D eigenvalue weighted by Crippen LogP contribution is -2.35. The van der Waals surface area contributed by atoms with Gasteiger partial charge in [-0.3, -0.25) is 14.9 Å². The fraction of sp³-hybridized carbons (Fsp3) is 0.650. The Morgan fingerprint density at radius 3 is 2.38 bits per heavy atom. The molecular weight excluding hydrogens is 330 g/mol. The minimum absolute atomic E-state index is 0.0352. The van der Waals surface area contributed by atoms with E-state index >= 15 is 0 Å². The third-order valence-electron chi connectivity index (χ3n) is 5.75. The average Bonchev–Trinajstić information content (AvgIpc) is 2.90. The molecule has 142 valence electrons. The molecule has 1 aliphatic carbocycles. The van der Waals surface area contributed by atoms with Gasteiger partial charge in [-0.2, -0.15) is 0 Å². The van der Waals surface area contributed by atoms with Gasteiger partial charge in [0.1, 0.15) is 5.69 Å². The lowest BCUT2D eigenvalue weighted by atomic mass is 9.98. The summed E-state index contributed by atoms with van der Waals surface area (Å²) in [4.78, 5) is 25.9. The molecule has 1 heterocycles. The van der Waals surface area contributed by atoms with E-state index in [-0.39, 0.29) is 22.6 Å². The predicted octanol–water partition coefficient (Wildman–Crippen LogP) is 4.28. The van der Waals surface area contributed by atoms with Crippen LogP contribution in [0, 0.1) is 16.0 Å². The molecule has 0 bridgehead atoms. The van der Waals surface area contributed by atoms with Crippen LogP contribution in [-0.2, 0) is 0 Å². The van der Waals surface area contributed by atoms with Crippen LogP contribution < -0.4 is 10.2 Å². The highest BCUT2D eigenvalue weighted by Gasteiger charge is 2.25. The van der Waals surface area contributed by atoms with Gasteiger partial charge in [-0.15, -0.1) is 0 Å². The monoisotopic (exact) mass is 359 g/mol. The molecule has 2 aliphatic rings. The molecule has 1 aromatic rings. The Morgan fingerprint density at radius 2 is 1.77 bits per heavy atom. The molecule has 1 aliphatic heterocycles. The number of rotatable bonds is 4. The van der Waals surface area contributed by atoms with Crippen LogP contribution in [0.25, 0.3) is 0 Å². The number of piperidine rings is 1. The van der Waals surface area contributed by atoms with Crippen molar-refractivity contribution in [2.24, 2.45) is 5.92 Å². The van der Waals surface area contributed by atoms with E-state index in [0.29, 0.717) is 17.2 Å². The lowest BCUT2D eigenvalue weighted by molar-refractivity contribution is -0.384. The maximum Gasteiger partial charge on any atom is 0.293 e. The summed E-state index contributed by atoms with van der Waals surface area (Å²) in [6, 6.07) is 5.11. The first-order chi connectivity index (χ1) is 12.5. The number of carbonyl (C=O) groups excluding carboxylic acids is 1. The van der Waals surface area contributed by atoms with Crippen molar-refractivity contribution in [1.82, 2.24) is 5.32 Å². The number of nitro benzene ring substituents is 1. The molecular formula is C20H29N3O3. The third kappa shape index (κ3) is 4.54. The van der Waals surface area contributed by atoms with Crippen LogP contribution in [0.1, 0.15) is 68.6 Å². The maximum absolute atomic E-state index is 12.6. The second-order valence-electron chi connectivity index (χ2n) is 7.79. The number of benzene rings is 1. The molecule has 1 saturated heterocycles. The molecule has 26 heavy (non-hydrogen) atoms. The van der Waals surface area contributed by atoms with Crippen molar-refractivity contribution in [1.29, 1.82) is 0 Å². The molecule has 0 atom stereocenters. The standard InChI is InChI=1S/C20H29N3O3/c1-15-10-12-22(13-11-15)18-9-8-16(14-19(18)23(25)26)20(24)21-17-6-4-2-3-5-7-17/h8-9,14-15,17H,2-7,10-13H2,1H3,(H,21,24). The first kappa shape index (κ1) is 18.7. The van der Waals surface area contributed by atoms with Crippen LogP contribution >= 0.6 is 0 Å². The van der Waals surface area contributed by atoms with Crippen molar-refractivity contribution in [3.8, 4) is 0 Å². The van der Waals surface area contributed by atoms with Gasteiger partial charge in [-0.1, -0.05) is 32.6 Å². The van der Waals surface area contributed by atoms with Gasteiger partial charge in [0.05, 0.1) is 4.92 Å². The Bertz CT molecular complexity index is 646. The highest BCUT2D eigenvalue weighted by Crippen LogP contribution is 2.32. The van der Waals surface area contributed by atoms with Gasteiger partial charge in [0.25, 0.3) is 11.6 Å². The second kappa shape index (κ2) is 8.52. The van der Waals surface area contributed by atoms with E-state index < -0.39 is 0 Å². The van der Waals surface area contributed by atoms with Gasteiger partial charge in [0.15, 0.2) is 0 Å². The lowest BCUT2D eigenvalue weighted by Gasteiger charge is -2.31. The summed E-state index contributed by atoms with van der Waals surface area (Å²) in [6.45, 7) is 3.87. The minimum Gasteiger partial charge on any atom is -0.366 e. The zero-order chi connectivity index (χ0) is 18.5. The Labute approximate surface area is 155 Å². The van der Waals surface area contributed by atoms with E-state index in [1.165, 1.54) is 18.9 Å². The number of nitrogens with one attached hydrogen (secondary N) is 1. The van der Waals surface area contributed by atoms with Crippen LogP contribution in [0.3, 0.4) is 0 Å². The average molecular weight is 359 g/mol. The predicted molar refractivity (Wildman–Crippen MR) is 103 cm³/mol. The first-order valence-electron chi connectivity index (χ1n) is 9.89. The number of hydrogen-bond acceptors (Lipinski definition) is 4. The summed E-state index contributed by atoms with van der Waals surface area (Å²) in [7, 11) is 0. The van der Waals surface area contributed by atoms with E-state index in [1.54, 1.807) is 12.1 Å². The molecule has 0 aromatic heterocycles. The summed E-state index contributed by atoms with van der Waals surface area (Å²) >= 11 is 0. The highest BCUT2D eigenvalue weighted by atomic mass is 16.6. The SMILES string of the molecule is CC1CCN(c2ccc(C(=O)NC3CCCCCC3)cc2[N+](=O)[O-])CC1. The quantitative estimate of drug-likeness (QED) is 0.494. The summed E-state index contributed by atoms with van der Waals surface area (Å²) in [5.74, 6) is 0.466. The summed E-state index contributed by atoms with van der Waals surface area (Å²) in [5.41, 5.74) is 1.05. The minimum atomic E-state index is -0.365. The third-order valence-corrected chi connectivity index (χ3v) is 5.75. The van der Waals surface area contributed by atoms with Gasteiger partial charge in [0, 0.05) is 30.8 Å². The molecule has 0 radical (unpaired) electrons. The molecule has 1 saturated carbocycles. The van der Waals surface area contributed by atoms with Crippen molar-refractivity contribution in [3.63, 3.8) is 0 Å². The summed E-state index contributed by atoms with van der Waals surface area (Å²) in [5, 5.41) is 14.7. The van der Waals surface area contributed by atoms with Gasteiger partial charge < -0.3 is 10.2 Å². The molecule has 2 fully saturated rings. The number of amides is 1. The molecule has 6 nitrogen and oxygen atoms in total. The fourth-order valence-electron chi connectivity index (χ4n) is 4.02. The van der Waals surface area contributed by atoms with Crippen molar-refractivity contribution in [2.75, 3.05) is 18.0 Å². The van der Waals surface area contributed by atoms with Crippen LogP contribution in [0.4, 0.5) is 11.4 Å². The van der Waals surface area contributed by atoms with E-state index in [0.717, 1.165) is 51.6 Å². The Kier molecular flexibility index (Phi) is 6.12. The molecule has 6 heteroatoms. The number of nitro groups is 1. The molecule has 1 aromatic carbocycles. The zero-order valence-corrected chi connectivity index (χ0v) is 15.6. The molecule has 1 amide bonds. The smallest absolute Gasteiger partial charge is 0.293 e. The zero-order valence-electron chi connectivity index (χ0n) is 15.6. The topological polar surface area (TPSA) is 75.5 Å². The number of nitrogens with zero attached hydrogens (tertiary/aromatic N) is 2. The normalized spacial score (nSPS) is 19.8. The first-order valence-corrected chi connectivity index (χ1v) is 9.89. The molecule has 0 unspecified atom stereocenters. The van der Waals surface area contributed by atoms with Crippen LogP contribution in [-0.4, -0.2) is 30.0 Å².